The largest absolute Gasteiger partial charge is 0.438 e. The summed E-state index contributed by atoms with van der Waals surface area (Å²) in [6, 6.07) is 20.2. The third kappa shape index (κ3) is 3.62. The molecule has 4 rings (SSSR count). The molecule has 28 heavy (non-hydrogen) atoms. The third-order valence-electron chi connectivity index (χ3n) is 4.40. The number of hydrogen-bond acceptors (Lipinski definition) is 3. The topological polar surface area (TPSA) is 50.8 Å². The summed E-state index contributed by atoms with van der Waals surface area (Å²) < 4.78 is 23.3. The Morgan fingerprint density at radius 2 is 1.96 bits per heavy atom. The van der Waals surface area contributed by atoms with Gasteiger partial charge in [0.15, 0.2) is 6.30 Å². The van der Waals surface area contributed by atoms with E-state index in [1.165, 1.54) is 6.20 Å². The number of alkyl halides is 1. The van der Waals surface area contributed by atoms with Crippen molar-refractivity contribution in [2.24, 2.45) is 0 Å². The fourth-order valence-corrected chi connectivity index (χ4v) is 3.72. The van der Waals surface area contributed by atoms with Gasteiger partial charge in [0.25, 0.3) is 0 Å². The van der Waals surface area contributed by atoms with Gasteiger partial charge in [0.2, 0.25) is 5.88 Å². The van der Waals surface area contributed by atoms with E-state index in [2.05, 4.69) is 27.0 Å². The van der Waals surface area contributed by atoms with Crippen LogP contribution in [-0.4, -0.2) is 9.55 Å². The first-order chi connectivity index (χ1) is 13.7. The number of hydrogen-bond donors (Lipinski definition) is 0. The monoisotopic (exact) mass is 435 g/mol. The van der Waals surface area contributed by atoms with E-state index in [4.69, 9.17) is 10.00 Å². The van der Waals surface area contributed by atoms with E-state index in [-0.39, 0.29) is 6.42 Å². The molecule has 0 saturated heterocycles. The van der Waals surface area contributed by atoms with Crippen LogP contribution in [0.4, 0.5) is 4.39 Å². The van der Waals surface area contributed by atoms with E-state index in [0.717, 1.165) is 15.4 Å². The van der Waals surface area contributed by atoms with Crippen LogP contribution in [0.2, 0.25) is 0 Å². The molecule has 0 aliphatic carbocycles. The molecule has 0 spiro atoms. The van der Waals surface area contributed by atoms with Crippen LogP contribution in [-0.2, 0) is 6.42 Å². The Bertz CT molecular complexity index is 1170. The van der Waals surface area contributed by atoms with E-state index < -0.39 is 6.30 Å². The number of nitrogens with zero attached hydrogens (tertiary/aromatic N) is 3. The molecule has 0 N–H and O–H groups in total. The van der Waals surface area contributed by atoms with Crippen LogP contribution in [0.3, 0.4) is 0 Å². The predicted octanol–water partition coefficient (Wildman–Crippen LogP) is 6.17. The summed E-state index contributed by atoms with van der Waals surface area (Å²) in [6.45, 7) is 0. The zero-order valence-corrected chi connectivity index (χ0v) is 16.3. The number of pyridine rings is 1. The molecular formula is C22H15BrFN3O. The molecule has 4 nitrogen and oxygen atoms in total. The van der Waals surface area contributed by atoms with Crippen LogP contribution in [0, 0.1) is 11.3 Å². The zero-order valence-electron chi connectivity index (χ0n) is 14.7. The van der Waals surface area contributed by atoms with Crippen LogP contribution in [0.15, 0.2) is 77.5 Å². The fraction of sp³-hybridized carbons (Fsp3) is 0.0909. The minimum atomic E-state index is -1.22. The standard InChI is InChI=1S/C22H15BrFN3O/c23-17-14-27(20(24)11-15-5-2-1-3-6-15)18-7-4-8-19(22(17)18)28-21-12-16(13-25)9-10-26-21/h1-10,12,14,20H,11H2. The minimum absolute atomic E-state index is 0.272. The Kier molecular flexibility index (Phi) is 5.09. The number of nitriles is 1. The van der Waals surface area contributed by atoms with Crippen LogP contribution < -0.4 is 4.74 Å². The molecule has 138 valence electrons. The zero-order chi connectivity index (χ0) is 19.5. The number of fused-ring (bicyclic) bond motifs is 1. The third-order valence-corrected chi connectivity index (χ3v) is 5.00. The molecule has 4 aromatic rings. The fourth-order valence-electron chi connectivity index (χ4n) is 3.10. The number of ether oxygens (including phenoxy) is 1. The predicted molar refractivity (Wildman–Crippen MR) is 109 cm³/mol. The van der Waals surface area contributed by atoms with Crippen molar-refractivity contribution in [3.8, 4) is 17.7 Å². The van der Waals surface area contributed by atoms with Gasteiger partial charge in [-0.05, 0) is 39.7 Å². The Morgan fingerprint density at radius 1 is 1.14 bits per heavy atom. The van der Waals surface area contributed by atoms with Gasteiger partial charge in [-0.15, -0.1) is 0 Å². The van der Waals surface area contributed by atoms with Gasteiger partial charge in [-0.2, -0.15) is 5.26 Å². The van der Waals surface area contributed by atoms with Crippen molar-refractivity contribution in [1.82, 2.24) is 9.55 Å². The summed E-state index contributed by atoms with van der Waals surface area (Å²) >= 11 is 3.52. The number of rotatable bonds is 5. The van der Waals surface area contributed by atoms with Gasteiger partial charge in [0, 0.05) is 29.4 Å². The van der Waals surface area contributed by atoms with Gasteiger partial charge in [0.1, 0.15) is 5.75 Å². The minimum Gasteiger partial charge on any atom is -0.438 e. The maximum atomic E-state index is 15.1. The molecule has 0 aliphatic heterocycles. The normalized spacial score (nSPS) is 11.9. The van der Waals surface area contributed by atoms with E-state index >= 15 is 4.39 Å². The second kappa shape index (κ2) is 7.83. The molecular weight excluding hydrogens is 421 g/mol. The van der Waals surface area contributed by atoms with Crippen molar-refractivity contribution < 1.29 is 9.13 Å². The van der Waals surface area contributed by atoms with Gasteiger partial charge in [0.05, 0.1) is 22.5 Å². The van der Waals surface area contributed by atoms with E-state index in [9.17, 15) is 0 Å². The van der Waals surface area contributed by atoms with Crippen LogP contribution in [0.5, 0.6) is 11.6 Å². The quantitative estimate of drug-likeness (QED) is 0.376. The lowest BCUT2D eigenvalue weighted by Gasteiger charge is -2.12. The molecule has 0 fully saturated rings. The summed E-state index contributed by atoms with van der Waals surface area (Å²) in [4.78, 5) is 4.15. The van der Waals surface area contributed by atoms with Gasteiger partial charge < -0.3 is 9.30 Å². The molecule has 2 aromatic carbocycles. The number of benzene rings is 2. The van der Waals surface area contributed by atoms with Crippen molar-refractivity contribution in [3.05, 3.63) is 88.7 Å². The molecule has 2 aromatic heterocycles. The molecule has 0 saturated carbocycles. The summed E-state index contributed by atoms with van der Waals surface area (Å²) in [5.74, 6) is 0.852. The highest BCUT2D eigenvalue weighted by molar-refractivity contribution is 9.10. The highest BCUT2D eigenvalue weighted by atomic mass is 79.9. The van der Waals surface area contributed by atoms with Gasteiger partial charge in [-0.1, -0.05) is 36.4 Å². The molecule has 2 heterocycles. The van der Waals surface area contributed by atoms with Gasteiger partial charge in [-0.3, -0.25) is 0 Å². The summed E-state index contributed by atoms with van der Waals surface area (Å²) in [5.41, 5.74) is 2.10. The SMILES string of the molecule is N#Cc1ccnc(Oc2cccc3c2c(Br)cn3C(F)Cc2ccccc2)c1. The molecule has 0 amide bonds. The summed E-state index contributed by atoms with van der Waals surface area (Å²) in [6.07, 6.45) is 2.30. The van der Waals surface area contributed by atoms with Crippen molar-refractivity contribution in [2.45, 2.75) is 12.7 Å². The van der Waals surface area contributed by atoms with Crippen LogP contribution in [0.1, 0.15) is 17.4 Å². The Morgan fingerprint density at radius 3 is 2.75 bits per heavy atom. The second-order valence-electron chi connectivity index (χ2n) is 6.26. The summed E-state index contributed by atoms with van der Waals surface area (Å²) in [5, 5.41) is 9.80. The average molecular weight is 436 g/mol. The molecule has 0 radical (unpaired) electrons. The first-order valence-electron chi connectivity index (χ1n) is 8.67. The lowest BCUT2D eigenvalue weighted by atomic mass is 10.1. The van der Waals surface area contributed by atoms with Crippen LogP contribution >= 0.6 is 15.9 Å². The molecule has 6 heteroatoms. The summed E-state index contributed by atoms with van der Waals surface area (Å²) in [7, 11) is 0. The molecule has 0 aliphatic rings. The van der Waals surface area contributed by atoms with E-state index in [1.807, 2.05) is 42.5 Å². The van der Waals surface area contributed by atoms with Gasteiger partial charge >= 0.3 is 0 Å². The van der Waals surface area contributed by atoms with Crippen molar-refractivity contribution in [1.29, 1.82) is 5.26 Å². The lowest BCUT2D eigenvalue weighted by molar-refractivity contribution is 0.247. The maximum Gasteiger partial charge on any atom is 0.220 e. The van der Waals surface area contributed by atoms with Crippen molar-refractivity contribution in [2.75, 3.05) is 0 Å². The highest BCUT2D eigenvalue weighted by Crippen LogP contribution is 2.38. The second-order valence-corrected chi connectivity index (χ2v) is 7.11. The van der Waals surface area contributed by atoms with Crippen LogP contribution in [0.25, 0.3) is 10.9 Å². The number of halogens is 2. The smallest absolute Gasteiger partial charge is 0.220 e. The van der Waals surface area contributed by atoms with Crippen molar-refractivity contribution in [3.63, 3.8) is 0 Å². The highest BCUT2D eigenvalue weighted by Gasteiger charge is 2.18. The van der Waals surface area contributed by atoms with E-state index in [0.29, 0.717) is 22.7 Å². The Hall–Kier alpha value is -3.17. The Labute approximate surface area is 170 Å². The number of aromatic nitrogens is 2. The Balaban J connectivity index is 1.70. The first kappa shape index (κ1) is 18.2. The average Bonchev–Trinajstić information content (AvgIpc) is 3.07. The van der Waals surface area contributed by atoms with E-state index in [1.54, 1.807) is 29.0 Å². The molecule has 1 unspecified atom stereocenters. The maximum absolute atomic E-state index is 15.1. The van der Waals surface area contributed by atoms with Gasteiger partial charge in [-0.25, -0.2) is 9.37 Å². The lowest BCUT2D eigenvalue weighted by Crippen LogP contribution is -2.05. The van der Waals surface area contributed by atoms with Crippen molar-refractivity contribution >= 4 is 26.8 Å². The molecule has 0 bridgehead atoms. The first-order valence-corrected chi connectivity index (χ1v) is 9.46. The molecule has 1 atom stereocenters.